The van der Waals surface area contributed by atoms with E-state index >= 15 is 0 Å². The third-order valence-electron chi connectivity index (χ3n) is 3.13. The zero-order valence-electron chi connectivity index (χ0n) is 9.87. The molecule has 1 amide bonds. The molecule has 96 valence electrons. The van der Waals surface area contributed by atoms with Gasteiger partial charge in [-0.1, -0.05) is 0 Å². The molecule has 1 aliphatic heterocycles. The number of hydrogen-bond donors (Lipinski definition) is 2. The summed E-state index contributed by atoms with van der Waals surface area (Å²) in [6, 6.07) is 3.30. The average molecular weight is 249 g/mol. The normalized spacial score (nSPS) is 19.6. The fourth-order valence-electron chi connectivity index (χ4n) is 2.11. The summed E-state index contributed by atoms with van der Waals surface area (Å²) in [7, 11) is 0. The summed E-state index contributed by atoms with van der Waals surface area (Å²) < 4.78 is 0. The van der Waals surface area contributed by atoms with Gasteiger partial charge in [0.05, 0.1) is 11.5 Å². The summed E-state index contributed by atoms with van der Waals surface area (Å²) in [5.41, 5.74) is 5.49. The molecule has 0 aliphatic carbocycles. The van der Waals surface area contributed by atoms with Gasteiger partial charge in [-0.2, -0.15) is 0 Å². The number of hydrogen-bond acceptors (Lipinski definition) is 4. The van der Waals surface area contributed by atoms with E-state index in [-0.39, 0.29) is 5.92 Å². The van der Waals surface area contributed by atoms with Gasteiger partial charge in [0.1, 0.15) is 5.82 Å². The van der Waals surface area contributed by atoms with Crippen molar-refractivity contribution in [3.8, 4) is 0 Å². The zero-order valence-corrected chi connectivity index (χ0v) is 9.87. The Balaban J connectivity index is 2.11. The van der Waals surface area contributed by atoms with E-state index in [1.54, 1.807) is 12.1 Å². The number of nitrogens with two attached hydrogens (primary N) is 1. The molecule has 1 atom stereocenters. The van der Waals surface area contributed by atoms with Gasteiger partial charge in [0.25, 0.3) is 0 Å². The molecule has 1 aliphatic rings. The van der Waals surface area contributed by atoms with Crippen LogP contribution in [0, 0.1) is 5.92 Å². The highest BCUT2D eigenvalue weighted by molar-refractivity contribution is 5.92. The van der Waals surface area contributed by atoms with E-state index in [0.29, 0.717) is 24.3 Å². The lowest BCUT2D eigenvalue weighted by Gasteiger charge is -2.31. The van der Waals surface area contributed by atoms with Crippen LogP contribution in [-0.4, -0.2) is 35.1 Å². The highest BCUT2D eigenvalue weighted by Gasteiger charge is 2.25. The number of carboxylic acid groups (broad SMARTS) is 1. The number of carbonyl (C=O) groups excluding carboxylic acids is 1. The molecular formula is C12H15N3O3. The van der Waals surface area contributed by atoms with Crippen LogP contribution >= 0.6 is 0 Å². The zero-order chi connectivity index (χ0) is 13.1. The van der Waals surface area contributed by atoms with Crippen LogP contribution in [0.5, 0.6) is 0 Å². The Kier molecular flexibility index (Phi) is 3.45. The van der Waals surface area contributed by atoms with E-state index < -0.39 is 11.9 Å². The largest absolute Gasteiger partial charge is 0.481 e. The molecule has 0 aromatic carbocycles. The SMILES string of the molecule is NC(=O)c1ccc(N2CCCC(C(=O)O)C2)nc1. The maximum atomic E-state index is 11.0. The van der Waals surface area contributed by atoms with Crippen molar-refractivity contribution >= 4 is 17.7 Å². The van der Waals surface area contributed by atoms with Crippen molar-refractivity contribution in [2.24, 2.45) is 11.7 Å². The maximum absolute atomic E-state index is 11.0. The second-order valence-corrected chi connectivity index (χ2v) is 4.39. The van der Waals surface area contributed by atoms with E-state index in [9.17, 15) is 9.59 Å². The highest BCUT2D eigenvalue weighted by atomic mass is 16.4. The van der Waals surface area contributed by atoms with E-state index in [1.807, 2.05) is 4.90 Å². The summed E-state index contributed by atoms with van der Waals surface area (Å²) in [5, 5.41) is 9.01. The first kappa shape index (κ1) is 12.3. The fraction of sp³-hybridized carbons (Fsp3) is 0.417. The molecule has 18 heavy (non-hydrogen) atoms. The van der Waals surface area contributed by atoms with Gasteiger partial charge < -0.3 is 15.7 Å². The molecule has 6 nitrogen and oxygen atoms in total. The average Bonchev–Trinajstić information content (AvgIpc) is 2.39. The number of anilines is 1. The van der Waals surface area contributed by atoms with Crippen molar-refractivity contribution in [3.05, 3.63) is 23.9 Å². The molecule has 0 radical (unpaired) electrons. The number of nitrogens with zero attached hydrogens (tertiary/aromatic N) is 2. The first-order valence-corrected chi connectivity index (χ1v) is 5.81. The lowest BCUT2D eigenvalue weighted by Crippen LogP contribution is -2.39. The van der Waals surface area contributed by atoms with Crippen molar-refractivity contribution in [1.82, 2.24) is 4.98 Å². The fourth-order valence-corrected chi connectivity index (χ4v) is 2.11. The second kappa shape index (κ2) is 5.03. The Bertz CT molecular complexity index is 458. The maximum Gasteiger partial charge on any atom is 0.308 e. The number of aliphatic carboxylic acids is 1. The monoisotopic (exact) mass is 249 g/mol. The predicted octanol–water partition coefficient (Wildman–Crippen LogP) is 0.481. The summed E-state index contributed by atoms with van der Waals surface area (Å²) in [6.45, 7) is 1.24. The summed E-state index contributed by atoms with van der Waals surface area (Å²) in [6.07, 6.45) is 2.95. The summed E-state index contributed by atoms with van der Waals surface area (Å²) in [4.78, 5) is 28.0. The van der Waals surface area contributed by atoms with Crippen LogP contribution in [0.3, 0.4) is 0 Å². The first-order chi connectivity index (χ1) is 8.58. The van der Waals surface area contributed by atoms with Crippen LogP contribution < -0.4 is 10.6 Å². The number of piperidine rings is 1. The molecule has 1 unspecified atom stereocenters. The smallest absolute Gasteiger partial charge is 0.308 e. The van der Waals surface area contributed by atoms with Gasteiger partial charge in [-0.15, -0.1) is 0 Å². The van der Waals surface area contributed by atoms with Gasteiger partial charge in [0.15, 0.2) is 0 Å². The Morgan fingerprint density at radius 3 is 2.78 bits per heavy atom. The molecule has 3 N–H and O–H groups in total. The van der Waals surface area contributed by atoms with Crippen LogP contribution in [0.25, 0.3) is 0 Å². The van der Waals surface area contributed by atoms with E-state index in [2.05, 4.69) is 4.98 Å². The third kappa shape index (κ3) is 2.58. The molecule has 0 bridgehead atoms. The minimum absolute atomic E-state index is 0.351. The number of pyridine rings is 1. The van der Waals surface area contributed by atoms with Crippen LogP contribution in [0.15, 0.2) is 18.3 Å². The number of aromatic nitrogens is 1. The molecule has 0 spiro atoms. The third-order valence-corrected chi connectivity index (χ3v) is 3.13. The molecule has 1 aromatic heterocycles. The molecule has 0 saturated carbocycles. The topological polar surface area (TPSA) is 96.5 Å². The van der Waals surface area contributed by atoms with Crippen molar-refractivity contribution < 1.29 is 14.7 Å². The van der Waals surface area contributed by atoms with Gasteiger partial charge in [0, 0.05) is 19.3 Å². The Morgan fingerprint density at radius 1 is 1.44 bits per heavy atom. The Morgan fingerprint density at radius 2 is 2.22 bits per heavy atom. The molecular weight excluding hydrogens is 234 g/mol. The summed E-state index contributed by atoms with van der Waals surface area (Å²) >= 11 is 0. The lowest BCUT2D eigenvalue weighted by molar-refractivity contribution is -0.141. The second-order valence-electron chi connectivity index (χ2n) is 4.39. The number of rotatable bonds is 3. The van der Waals surface area contributed by atoms with Gasteiger partial charge in [-0.25, -0.2) is 4.98 Å². The van der Waals surface area contributed by atoms with Gasteiger partial charge in [-0.3, -0.25) is 9.59 Å². The Labute approximate surface area is 104 Å². The first-order valence-electron chi connectivity index (χ1n) is 5.81. The minimum atomic E-state index is -0.770. The molecule has 1 fully saturated rings. The van der Waals surface area contributed by atoms with Crippen LogP contribution in [0.4, 0.5) is 5.82 Å². The summed E-state index contributed by atoms with van der Waals surface area (Å²) in [5.74, 6) is -0.952. The van der Waals surface area contributed by atoms with Gasteiger partial charge in [0.2, 0.25) is 5.91 Å². The minimum Gasteiger partial charge on any atom is -0.481 e. The molecule has 2 rings (SSSR count). The molecule has 6 heteroatoms. The van der Waals surface area contributed by atoms with Gasteiger partial charge in [-0.05, 0) is 25.0 Å². The quantitative estimate of drug-likeness (QED) is 0.812. The van der Waals surface area contributed by atoms with Crippen molar-refractivity contribution in [2.45, 2.75) is 12.8 Å². The van der Waals surface area contributed by atoms with E-state index in [1.165, 1.54) is 6.20 Å². The van der Waals surface area contributed by atoms with Crippen LogP contribution in [0.2, 0.25) is 0 Å². The number of carboxylic acids is 1. The van der Waals surface area contributed by atoms with Crippen LogP contribution in [0.1, 0.15) is 23.2 Å². The van der Waals surface area contributed by atoms with Crippen molar-refractivity contribution in [3.63, 3.8) is 0 Å². The predicted molar refractivity (Wildman–Crippen MR) is 65.3 cm³/mol. The molecule has 1 saturated heterocycles. The van der Waals surface area contributed by atoms with Crippen molar-refractivity contribution in [1.29, 1.82) is 0 Å². The highest BCUT2D eigenvalue weighted by Crippen LogP contribution is 2.21. The lowest BCUT2D eigenvalue weighted by atomic mass is 9.98. The van der Waals surface area contributed by atoms with E-state index in [4.69, 9.17) is 10.8 Å². The van der Waals surface area contributed by atoms with Crippen LogP contribution in [-0.2, 0) is 4.79 Å². The number of amides is 1. The van der Waals surface area contributed by atoms with Crippen molar-refractivity contribution in [2.75, 3.05) is 18.0 Å². The number of primary amides is 1. The molecule has 2 heterocycles. The van der Waals surface area contributed by atoms with E-state index in [0.717, 1.165) is 13.0 Å². The number of carbonyl (C=O) groups is 2. The molecule has 1 aromatic rings. The Hall–Kier alpha value is -2.11. The van der Waals surface area contributed by atoms with Gasteiger partial charge >= 0.3 is 5.97 Å². The standard InChI is InChI=1S/C12H15N3O3/c13-11(16)8-3-4-10(14-6-8)15-5-1-2-9(7-15)12(17)18/h3-4,6,9H,1-2,5,7H2,(H2,13,16)(H,17,18).